The summed E-state index contributed by atoms with van der Waals surface area (Å²) in [6.45, 7) is -3.24. The lowest BCUT2D eigenvalue weighted by Crippen LogP contribution is -2.04. The molecular formula is C10H6F3NO5. The van der Waals surface area contributed by atoms with E-state index < -0.39 is 40.3 Å². The van der Waals surface area contributed by atoms with Gasteiger partial charge in [0.05, 0.1) is 10.5 Å². The number of carbonyl (C=O) groups is 1. The molecule has 102 valence electrons. The van der Waals surface area contributed by atoms with Crippen molar-refractivity contribution in [2.24, 2.45) is 0 Å². The highest BCUT2D eigenvalue weighted by molar-refractivity contribution is 5.86. The number of rotatable bonds is 5. The number of benzene rings is 1. The minimum Gasteiger partial charge on any atom is -0.478 e. The van der Waals surface area contributed by atoms with Crippen molar-refractivity contribution in [1.29, 1.82) is 0 Å². The van der Waals surface area contributed by atoms with E-state index in [0.29, 0.717) is 18.2 Å². The van der Waals surface area contributed by atoms with Gasteiger partial charge in [0.1, 0.15) is 5.75 Å². The highest BCUT2D eigenvalue weighted by Gasteiger charge is 2.21. The number of nitro benzene ring substituents is 1. The Balaban J connectivity index is 3.32. The third-order valence-corrected chi connectivity index (χ3v) is 1.88. The Kier molecular flexibility index (Phi) is 4.46. The molecule has 0 bridgehead atoms. The minimum atomic E-state index is -3.24. The van der Waals surface area contributed by atoms with E-state index in [9.17, 15) is 28.1 Å². The predicted molar refractivity (Wildman–Crippen MR) is 56.4 cm³/mol. The first-order chi connectivity index (χ1) is 8.81. The topological polar surface area (TPSA) is 89.7 Å². The molecule has 0 saturated heterocycles. The van der Waals surface area contributed by atoms with Crippen LogP contribution in [0, 0.1) is 15.9 Å². The van der Waals surface area contributed by atoms with Crippen molar-refractivity contribution in [3.63, 3.8) is 0 Å². The Labute approximate surface area is 103 Å². The molecule has 1 rings (SSSR count). The van der Waals surface area contributed by atoms with Gasteiger partial charge < -0.3 is 9.84 Å². The molecule has 1 aromatic carbocycles. The van der Waals surface area contributed by atoms with Crippen LogP contribution in [0.25, 0.3) is 6.08 Å². The van der Waals surface area contributed by atoms with Crippen molar-refractivity contribution in [2.45, 2.75) is 6.61 Å². The molecule has 0 unspecified atom stereocenters. The van der Waals surface area contributed by atoms with E-state index in [4.69, 9.17) is 5.11 Å². The number of ether oxygens (including phenoxy) is 1. The fourth-order valence-corrected chi connectivity index (χ4v) is 1.25. The molecule has 0 radical (unpaired) electrons. The third kappa shape index (κ3) is 3.98. The molecule has 0 fully saturated rings. The molecule has 9 heteroatoms. The molecule has 0 heterocycles. The summed E-state index contributed by atoms with van der Waals surface area (Å²) < 4.78 is 41.2. The lowest BCUT2D eigenvalue weighted by Gasteiger charge is -2.06. The fraction of sp³-hybridized carbons (Fsp3) is 0.100. The van der Waals surface area contributed by atoms with Gasteiger partial charge in [0.25, 0.3) is 0 Å². The SMILES string of the molecule is O=C(O)/C=C/c1cc(OC(F)F)cc(F)c1[N+](=O)[O-]. The average molecular weight is 277 g/mol. The lowest BCUT2D eigenvalue weighted by molar-refractivity contribution is -0.387. The van der Waals surface area contributed by atoms with Crippen LogP contribution < -0.4 is 4.74 Å². The largest absolute Gasteiger partial charge is 0.478 e. The molecule has 0 aliphatic heterocycles. The molecule has 0 atom stereocenters. The molecule has 1 N–H and O–H groups in total. The van der Waals surface area contributed by atoms with Crippen molar-refractivity contribution in [3.8, 4) is 5.75 Å². The molecule has 6 nitrogen and oxygen atoms in total. The van der Waals surface area contributed by atoms with E-state index in [1.807, 2.05) is 0 Å². The van der Waals surface area contributed by atoms with Crippen LogP contribution in [-0.2, 0) is 4.79 Å². The smallest absolute Gasteiger partial charge is 0.387 e. The van der Waals surface area contributed by atoms with Gasteiger partial charge in [-0.05, 0) is 12.1 Å². The molecule has 1 aromatic rings. The molecule has 0 aliphatic carbocycles. The van der Waals surface area contributed by atoms with E-state index in [1.165, 1.54) is 0 Å². The number of carboxylic acids is 1. The molecule has 0 amide bonds. The van der Waals surface area contributed by atoms with Gasteiger partial charge in [0.2, 0.25) is 5.82 Å². The van der Waals surface area contributed by atoms with Crippen LogP contribution in [0.2, 0.25) is 0 Å². The molecule has 0 aromatic heterocycles. The zero-order valence-electron chi connectivity index (χ0n) is 9.05. The number of halogens is 3. The van der Waals surface area contributed by atoms with E-state index in [1.54, 1.807) is 0 Å². The quantitative estimate of drug-likeness (QED) is 0.507. The van der Waals surface area contributed by atoms with Crippen LogP contribution in [0.5, 0.6) is 5.75 Å². The van der Waals surface area contributed by atoms with Gasteiger partial charge >= 0.3 is 18.3 Å². The normalized spacial score (nSPS) is 10.9. The lowest BCUT2D eigenvalue weighted by atomic mass is 10.1. The molecule has 0 spiro atoms. The van der Waals surface area contributed by atoms with Gasteiger partial charge in [-0.15, -0.1) is 0 Å². The Morgan fingerprint density at radius 2 is 2.11 bits per heavy atom. The third-order valence-electron chi connectivity index (χ3n) is 1.88. The molecular weight excluding hydrogens is 271 g/mol. The van der Waals surface area contributed by atoms with Gasteiger partial charge in [-0.3, -0.25) is 10.1 Å². The summed E-state index contributed by atoms with van der Waals surface area (Å²) in [6, 6.07) is 1.16. The first-order valence-electron chi connectivity index (χ1n) is 4.65. The maximum atomic E-state index is 13.4. The standard InChI is InChI=1S/C10H6F3NO5/c11-7-4-6(19-10(12)13)3-5(1-2-8(15)16)9(7)14(17)18/h1-4,10H,(H,15,16)/b2-1+. The maximum Gasteiger partial charge on any atom is 0.387 e. The fourth-order valence-electron chi connectivity index (χ4n) is 1.25. The van der Waals surface area contributed by atoms with E-state index in [2.05, 4.69) is 4.74 Å². The van der Waals surface area contributed by atoms with Crippen LogP contribution in [0.3, 0.4) is 0 Å². The number of hydrogen-bond acceptors (Lipinski definition) is 4. The van der Waals surface area contributed by atoms with Crippen molar-refractivity contribution in [3.05, 3.63) is 39.7 Å². The number of carboxylic acid groups (broad SMARTS) is 1. The summed E-state index contributed by atoms with van der Waals surface area (Å²) in [7, 11) is 0. The van der Waals surface area contributed by atoms with E-state index in [0.717, 1.165) is 6.07 Å². The van der Waals surface area contributed by atoms with Crippen LogP contribution >= 0.6 is 0 Å². The van der Waals surface area contributed by atoms with Crippen molar-refractivity contribution in [1.82, 2.24) is 0 Å². The van der Waals surface area contributed by atoms with E-state index >= 15 is 0 Å². The summed E-state index contributed by atoms with van der Waals surface area (Å²) >= 11 is 0. The predicted octanol–water partition coefficient (Wildman–Crippen LogP) is 2.43. The van der Waals surface area contributed by atoms with Gasteiger partial charge in [0, 0.05) is 12.1 Å². The Morgan fingerprint density at radius 3 is 2.58 bits per heavy atom. The first-order valence-corrected chi connectivity index (χ1v) is 4.65. The summed E-state index contributed by atoms with van der Waals surface area (Å²) in [5.74, 6) is -3.49. The summed E-state index contributed by atoms with van der Waals surface area (Å²) in [4.78, 5) is 19.8. The second-order valence-electron chi connectivity index (χ2n) is 3.15. The van der Waals surface area contributed by atoms with E-state index in [-0.39, 0.29) is 0 Å². The second kappa shape index (κ2) is 5.85. The first kappa shape index (κ1) is 14.5. The average Bonchev–Trinajstić information content (AvgIpc) is 2.23. The summed E-state index contributed by atoms with van der Waals surface area (Å²) in [5, 5.41) is 19.0. The van der Waals surface area contributed by atoms with Crippen LogP contribution in [0.1, 0.15) is 5.56 Å². The Hall–Kier alpha value is -2.58. The molecule has 0 saturated carbocycles. The van der Waals surface area contributed by atoms with Crippen molar-refractivity contribution >= 4 is 17.7 Å². The number of hydrogen-bond donors (Lipinski definition) is 1. The molecule has 0 aliphatic rings. The van der Waals surface area contributed by atoms with Gasteiger partial charge in [-0.1, -0.05) is 0 Å². The zero-order chi connectivity index (χ0) is 14.6. The zero-order valence-corrected chi connectivity index (χ0v) is 9.05. The van der Waals surface area contributed by atoms with Crippen LogP contribution in [-0.4, -0.2) is 22.6 Å². The van der Waals surface area contributed by atoms with Gasteiger partial charge in [-0.25, -0.2) is 4.79 Å². The summed E-state index contributed by atoms with van der Waals surface area (Å²) in [6.07, 6.45) is 1.22. The van der Waals surface area contributed by atoms with Crippen molar-refractivity contribution in [2.75, 3.05) is 0 Å². The Bertz CT molecular complexity index is 544. The highest BCUT2D eigenvalue weighted by Crippen LogP contribution is 2.29. The monoisotopic (exact) mass is 277 g/mol. The summed E-state index contributed by atoms with van der Waals surface area (Å²) in [5.41, 5.74) is -1.53. The number of aliphatic carboxylic acids is 1. The second-order valence-corrected chi connectivity index (χ2v) is 3.15. The van der Waals surface area contributed by atoms with Gasteiger partial charge in [-0.2, -0.15) is 13.2 Å². The molecule has 19 heavy (non-hydrogen) atoms. The van der Waals surface area contributed by atoms with Crippen LogP contribution in [0.4, 0.5) is 18.9 Å². The highest BCUT2D eigenvalue weighted by atomic mass is 19.3. The minimum absolute atomic E-state index is 0.419. The number of nitrogens with zero attached hydrogens (tertiary/aromatic N) is 1. The Morgan fingerprint density at radius 1 is 1.47 bits per heavy atom. The number of alkyl halides is 2. The van der Waals surface area contributed by atoms with Gasteiger partial charge in [0.15, 0.2) is 0 Å². The maximum absolute atomic E-state index is 13.4. The van der Waals surface area contributed by atoms with Crippen LogP contribution in [0.15, 0.2) is 18.2 Å². The number of nitro groups is 1. The van der Waals surface area contributed by atoms with Crippen molar-refractivity contribution < 1.29 is 32.7 Å².